The molecule has 0 radical (unpaired) electrons. The van der Waals surface area contributed by atoms with E-state index in [2.05, 4.69) is 273 Å². The minimum atomic E-state index is -0.477. The van der Waals surface area contributed by atoms with Crippen LogP contribution in [0.4, 0.5) is 34.1 Å². The van der Waals surface area contributed by atoms with Gasteiger partial charge < -0.3 is 9.80 Å². The van der Waals surface area contributed by atoms with Gasteiger partial charge in [0.1, 0.15) is 0 Å². The van der Waals surface area contributed by atoms with E-state index in [1.165, 1.54) is 153 Å². The quantitative estimate of drug-likeness (QED) is 0.159. The fourth-order valence-electron chi connectivity index (χ4n) is 15.0. The first kappa shape index (κ1) is 42.4. The zero-order valence-corrected chi connectivity index (χ0v) is 44.1. The Balaban J connectivity index is 1.04. The summed E-state index contributed by atoms with van der Waals surface area (Å²) in [5.74, 6) is 0. The van der Waals surface area contributed by atoms with Gasteiger partial charge in [-0.05, 0) is 139 Å². The first-order valence-corrected chi connectivity index (χ1v) is 28.2. The van der Waals surface area contributed by atoms with E-state index >= 15 is 0 Å². The molecule has 0 bridgehead atoms. The molecule has 0 fully saturated rings. The van der Waals surface area contributed by atoms with Gasteiger partial charge in [-0.2, -0.15) is 0 Å². The molecule has 2 aromatic heterocycles. The molecule has 5 heteroatoms. The molecule has 75 heavy (non-hydrogen) atoms. The van der Waals surface area contributed by atoms with Crippen LogP contribution in [0.5, 0.6) is 0 Å². The van der Waals surface area contributed by atoms with Crippen molar-refractivity contribution in [1.29, 1.82) is 0 Å². The first-order chi connectivity index (χ1) is 36.7. The van der Waals surface area contributed by atoms with Crippen molar-refractivity contribution in [2.75, 3.05) is 9.80 Å². The van der Waals surface area contributed by atoms with Crippen molar-refractivity contribution in [1.82, 2.24) is 0 Å². The maximum atomic E-state index is 2.69. The van der Waals surface area contributed by atoms with Crippen LogP contribution in [0, 0.1) is 13.8 Å². The van der Waals surface area contributed by atoms with Crippen LogP contribution in [0.3, 0.4) is 0 Å². The van der Waals surface area contributed by atoms with E-state index in [9.17, 15) is 0 Å². The molecule has 6 aliphatic rings. The van der Waals surface area contributed by atoms with Crippen LogP contribution in [-0.4, -0.2) is 6.71 Å². The molecule has 17 rings (SSSR count). The van der Waals surface area contributed by atoms with E-state index in [1.807, 2.05) is 0 Å². The largest absolute Gasteiger partial charge is 0.310 e. The van der Waals surface area contributed by atoms with E-state index in [1.54, 1.807) is 0 Å². The number of nitrogens with zero attached hydrogens (tertiary/aromatic N) is 2. The molecular formula is C70H49BN2S2. The molecule has 4 aliphatic carbocycles. The average Bonchev–Trinajstić information content (AvgIpc) is 4.40. The SMILES string of the molecule is Cc1cc2c3c(c1)N(c1ccccc1)c1c(sc4c1-c1ccc(C)cc1C41c4ccccc4-c4ccccc41)B3c1sc3c(c1N2c1ccc(C(C)(C)C)cc1)-c1ccccc1C31c2ccccc2-c2ccccc21. The van der Waals surface area contributed by atoms with Gasteiger partial charge in [-0.25, -0.2) is 0 Å². The molecule has 2 aliphatic heterocycles. The predicted octanol–water partition coefficient (Wildman–Crippen LogP) is 16.5. The Bertz CT molecular complexity index is 4250. The van der Waals surface area contributed by atoms with Crippen molar-refractivity contribution in [3.63, 3.8) is 0 Å². The number of para-hydroxylation sites is 1. The molecule has 0 saturated heterocycles. The minimum absolute atomic E-state index is 0.0125. The summed E-state index contributed by atoms with van der Waals surface area (Å²) >= 11 is 4.18. The molecular weight excluding hydrogens is 944 g/mol. The third-order valence-electron chi connectivity index (χ3n) is 17.9. The Labute approximate surface area is 447 Å². The number of anilines is 6. The number of aryl methyl sites for hydroxylation is 2. The van der Waals surface area contributed by atoms with Crippen molar-refractivity contribution >= 4 is 78.5 Å². The number of rotatable bonds is 2. The topological polar surface area (TPSA) is 6.48 Å². The maximum Gasteiger partial charge on any atom is 0.277 e. The molecule has 2 spiro atoms. The molecule has 2 nitrogen and oxygen atoms in total. The molecule has 354 valence electrons. The zero-order valence-electron chi connectivity index (χ0n) is 42.4. The van der Waals surface area contributed by atoms with Gasteiger partial charge in [0.25, 0.3) is 6.71 Å². The Morgan fingerprint density at radius 2 is 0.787 bits per heavy atom. The number of fused-ring (bicyclic) bond motifs is 26. The van der Waals surface area contributed by atoms with Gasteiger partial charge in [0.15, 0.2) is 0 Å². The lowest BCUT2D eigenvalue weighted by Crippen LogP contribution is -2.59. The van der Waals surface area contributed by atoms with Crippen molar-refractivity contribution < 1.29 is 0 Å². The van der Waals surface area contributed by atoms with Gasteiger partial charge in [-0.3, -0.25) is 0 Å². The highest BCUT2D eigenvalue weighted by atomic mass is 32.1. The van der Waals surface area contributed by atoms with E-state index in [-0.39, 0.29) is 12.1 Å². The molecule has 0 unspecified atom stereocenters. The van der Waals surface area contributed by atoms with Crippen molar-refractivity contribution in [3.05, 3.63) is 266 Å². The number of thiophene rings is 2. The van der Waals surface area contributed by atoms with Crippen LogP contribution in [0.15, 0.2) is 206 Å². The minimum Gasteiger partial charge on any atom is -0.310 e. The number of benzene rings is 9. The van der Waals surface area contributed by atoms with Crippen molar-refractivity contribution in [2.24, 2.45) is 0 Å². The highest BCUT2D eigenvalue weighted by molar-refractivity contribution is 7.37. The summed E-state index contributed by atoms with van der Waals surface area (Å²) in [6.07, 6.45) is 0. The smallest absolute Gasteiger partial charge is 0.277 e. The molecule has 0 N–H and O–H groups in total. The lowest BCUT2D eigenvalue weighted by Gasteiger charge is -2.43. The number of hydrogen-bond acceptors (Lipinski definition) is 4. The van der Waals surface area contributed by atoms with Gasteiger partial charge in [-0.1, -0.05) is 196 Å². The maximum absolute atomic E-state index is 2.69. The number of hydrogen-bond donors (Lipinski definition) is 0. The highest BCUT2D eigenvalue weighted by Gasteiger charge is 2.60. The van der Waals surface area contributed by atoms with Crippen LogP contribution < -0.4 is 24.8 Å². The standard InChI is InChI=1S/C70H49BN2S2/c1-40-31-36-50-56(37-40)70(53-28-16-11-23-47(53)48-24-12-17-29-54(48)70)65-60(50)63-67(75-65)71-61-57(72(63)43-19-7-6-8-20-43)38-41(2)39-58(61)73(44-34-32-42(33-35-44)68(3,4)5)62-59-49-25-13-18-30-55(49)69(64(59)74-66(62)71)51-26-14-9-21-45(51)46-22-10-15-27-52(46)69/h6-39H,1-5H3. The lowest BCUT2D eigenvalue weighted by molar-refractivity contribution is 0.590. The van der Waals surface area contributed by atoms with Crippen LogP contribution in [0.25, 0.3) is 44.5 Å². The molecule has 11 aromatic rings. The third-order valence-corrected chi connectivity index (χ3v) is 20.6. The molecule has 4 heterocycles. The predicted molar refractivity (Wildman–Crippen MR) is 317 cm³/mol. The normalized spacial score (nSPS) is 15.4. The Hall–Kier alpha value is -7.96. The summed E-state index contributed by atoms with van der Waals surface area (Å²) < 4.78 is 2.85. The monoisotopic (exact) mass is 992 g/mol. The zero-order chi connectivity index (χ0) is 49.9. The van der Waals surface area contributed by atoms with Gasteiger partial charge >= 0.3 is 0 Å². The van der Waals surface area contributed by atoms with E-state index in [0.29, 0.717) is 0 Å². The molecule has 9 aromatic carbocycles. The van der Waals surface area contributed by atoms with E-state index in [4.69, 9.17) is 0 Å². The van der Waals surface area contributed by atoms with Gasteiger partial charge in [0.2, 0.25) is 0 Å². The van der Waals surface area contributed by atoms with Gasteiger partial charge in [0, 0.05) is 53.2 Å². The Kier molecular flexibility index (Phi) is 8.17. The molecule has 0 atom stereocenters. The van der Waals surface area contributed by atoms with Gasteiger partial charge in [-0.15, -0.1) is 22.7 Å². The molecule has 0 saturated carbocycles. The summed E-state index contributed by atoms with van der Waals surface area (Å²) in [4.78, 5) is 8.24. The fourth-order valence-corrected chi connectivity index (χ4v) is 18.4. The Morgan fingerprint density at radius 3 is 1.27 bits per heavy atom. The molecule has 0 amide bonds. The van der Waals surface area contributed by atoms with E-state index in [0.717, 1.165) is 0 Å². The van der Waals surface area contributed by atoms with Crippen LogP contribution >= 0.6 is 22.7 Å². The average molecular weight is 993 g/mol. The van der Waals surface area contributed by atoms with Crippen LogP contribution in [-0.2, 0) is 16.2 Å². The summed E-state index contributed by atoms with van der Waals surface area (Å²) in [6, 6.07) is 79.7. The summed E-state index contributed by atoms with van der Waals surface area (Å²) in [5, 5.41) is 0. The highest BCUT2D eigenvalue weighted by Crippen LogP contribution is 2.69. The second-order valence-corrected chi connectivity index (χ2v) is 24.9. The second kappa shape index (κ2) is 14.5. The second-order valence-electron chi connectivity index (χ2n) is 22.8. The van der Waals surface area contributed by atoms with E-state index < -0.39 is 10.8 Å². The van der Waals surface area contributed by atoms with Gasteiger partial charge in [0.05, 0.1) is 22.2 Å². The summed E-state index contributed by atoms with van der Waals surface area (Å²) in [6.45, 7) is 11.5. The third kappa shape index (κ3) is 5.03. The first-order valence-electron chi connectivity index (χ1n) is 26.5. The van der Waals surface area contributed by atoms with Crippen molar-refractivity contribution in [3.8, 4) is 44.5 Å². The summed E-state index contributed by atoms with van der Waals surface area (Å²) in [5.41, 5.74) is 30.9. The lowest BCUT2D eigenvalue weighted by atomic mass is 9.39. The van der Waals surface area contributed by atoms with Crippen molar-refractivity contribution in [2.45, 2.75) is 50.9 Å². The fraction of sp³-hybridized carbons (Fsp3) is 0.114. The Morgan fingerprint density at radius 1 is 0.387 bits per heavy atom. The van der Waals surface area contributed by atoms with Crippen LogP contribution in [0.2, 0.25) is 0 Å². The van der Waals surface area contributed by atoms with Crippen LogP contribution in [0.1, 0.15) is 80.6 Å². The summed E-state index contributed by atoms with van der Waals surface area (Å²) in [7, 11) is 0.